The molecule has 2 aromatic rings. The maximum Gasteiger partial charge on any atom is 0.162 e. The zero-order chi connectivity index (χ0) is 22.7. The van der Waals surface area contributed by atoms with Crippen molar-refractivity contribution in [3.63, 3.8) is 0 Å². The van der Waals surface area contributed by atoms with Crippen LogP contribution in [0.2, 0.25) is 0 Å². The van der Waals surface area contributed by atoms with Crippen molar-refractivity contribution in [3.05, 3.63) is 41.5 Å². The van der Waals surface area contributed by atoms with Gasteiger partial charge in [-0.3, -0.25) is 0 Å². The second kappa shape index (κ2) is 9.20. The minimum atomic E-state index is -0.494. The van der Waals surface area contributed by atoms with E-state index in [1.807, 2.05) is 18.2 Å². The Bertz CT molecular complexity index is 1010. The van der Waals surface area contributed by atoms with Crippen LogP contribution in [0.15, 0.2) is 30.3 Å². The second-order valence-corrected chi connectivity index (χ2v) is 8.63. The molecule has 0 bridgehead atoms. The van der Waals surface area contributed by atoms with Gasteiger partial charge >= 0.3 is 0 Å². The van der Waals surface area contributed by atoms with Gasteiger partial charge in [0.2, 0.25) is 0 Å². The van der Waals surface area contributed by atoms with Crippen LogP contribution in [-0.4, -0.2) is 41.0 Å². The maximum atomic E-state index is 10.2. The first-order valence-electron chi connectivity index (χ1n) is 11.2. The number of aryl methyl sites for hydroxylation is 1. The van der Waals surface area contributed by atoms with Crippen molar-refractivity contribution in [3.8, 4) is 29.1 Å². The summed E-state index contributed by atoms with van der Waals surface area (Å²) in [5.41, 5.74) is 3.08. The highest BCUT2D eigenvalue weighted by Gasteiger charge is 2.40. The Kier molecular flexibility index (Phi) is 6.36. The molecular formula is C26H32N2O4. The normalized spacial score (nSPS) is 22.5. The molecule has 1 fully saturated rings. The number of methoxy groups -OCH3 is 4. The Balaban J connectivity index is 1.57. The van der Waals surface area contributed by atoms with Gasteiger partial charge in [0.1, 0.15) is 0 Å². The molecule has 0 atom stereocenters. The number of rotatable bonds is 6. The molecule has 0 saturated heterocycles. The van der Waals surface area contributed by atoms with E-state index in [-0.39, 0.29) is 0 Å². The monoisotopic (exact) mass is 436 g/mol. The minimum Gasteiger partial charge on any atom is -0.493 e. The number of nitrogens with zero attached hydrogens (tertiary/aromatic N) is 2. The first-order chi connectivity index (χ1) is 15.6. The lowest BCUT2D eigenvalue weighted by Gasteiger charge is -2.44. The average molecular weight is 437 g/mol. The Hall–Kier alpha value is -3.07. The van der Waals surface area contributed by atoms with Gasteiger partial charge in [-0.15, -0.1) is 0 Å². The molecular weight excluding hydrogens is 404 g/mol. The van der Waals surface area contributed by atoms with E-state index in [4.69, 9.17) is 18.9 Å². The fourth-order valence-electron chi connectivity index (χ4n) is 5.32. The molecule has 4 rings (SSSR count). The zero-order valence-electron chi connectivity index (χ0n) is 19.4. The smallest absolute Gasteiger partial charge is 0.162 e. The van der Waals surface area contributed by atoms with Gasteiger partial charge in [0.25, 0.3) is 0 Å². The summed E-state index contributed by atoms with van der Waals surface area (Å²) in [6, 6.07) is 13.2. The third-order valence-electron chi connectivity index (χ3n) is 7.14. The summed E-state index contributed by atoms with van der Waals surface area (Å²) >= 11 is 0. The molecule has 1 heterocycles. The van der Waals surface area contributed by atoms with E-state index in [0.29, 0.717) is 17.5 Å². The fraction of sp³-hybridized carbons (Fsp3) is 0.500. The first-order valence-corrected chi connectivity index (χ1v) is 11.2. The van der Waals surface area contributed by atoms with Crippen molar-refractivity contribution in [2.24, 2.45) is 0 Å². The molecule has 32 heavy (non-hydrogen) atoms. The minimum absolute atomic E-state index is 0.411. The Labute approximate surface area is 190 Å². The summed E-state index contributed by atoms with van der Waals surface area (Å²) in [6.07, 6.45) is 5.75. The topological polar surface area (TPSA) is 64.0 Å². The molecule has 6 heteroatoms. The summed E-state index contributed by atoms with van der Waals surface area (Å²) in [7, 11) is 6.63. The third kappa shape index (κ3) is 3.81. The van der Waals surface area contributed by atoms with Crippen LogP contribution in [0.1, 0.15) is 43.2 Å². The zero-order valence-corrected chi connectivity index (χ0v) is 19.4. The predicted octanol–water partition coefficient (Wildman–Crippen LogP) is 4.88. The van der Waals surface area contributed by atoms with Crippen molar-refractivity contribution < 1.29 is 18.9 Å². The number of ether oxygens (including phenoxy) is 4. The van der Waals surface area contributed by atoms with Crippen LogP contribution >= 0.6 is 0 Å². The lowest BCUT2D eigenvalue weighted by molar-refractivity contribution is 0.313. The average Bonchev–Trinajstić information content (AvgIpc) is 2.87. The number of hydrogen-bond donors (Lipinski definition) is 0. The van der Waals surface area contributed by atoms with Crippen molar-refractivity contribution >= 4 is 5.69 Å². The maximum absolute atomic E-state index is 10.2. The first kappa shape index (κ1) is 22.1. The molecule has 2 aliphatic rings. The van der Waals surface area contributed by atoms with E-state index >= 15 is 0 Å². The Morgan fingerprint density at radius 2 is 1.50 bits per heavy atom. The van der Waals surface area contributed by atoms with Crippen molar-refractivity contribution in [2.75, 3.05) is 39.9 Å². The van der Waals surface area contributed by atoms with E-state index in [2.05, 4.69) is 23.1 Å². The van der Waals surface area contributed by atoms with E-state index in [9.17, 15) is 5.26 Å². The highest BCUT2D eigenvalue weighted by atomic mass is 16.5. The van der Waals surface area contributed by atoms with Crippen LogP contribution in [0.5, 0.6) is 23.0 Å². The van der Waals surface area contributed by atoms with Crippen molar-refractivity contribution in [1.29, 1.82) is 5.26 Å². The van der Waals surface area contributed by atoms with E-state index in [1.54, 1.807) is 28.4 Å². The Morgan fingerprint density at radius 3 is 2.12 bits per heavy atom. The van der Waals surface area contributed by atoms with Gasteiger partial charge in [-0.1, -0.05) is 6.07 Å². The molecule has 0 unspecified atom stereocenters. The lowest BCUT2D eigenvalue weighted by atomic mass is 9.68. The highest BCUT2D eigenvalue weighted by Crippen LogP contribution is 2.45. The van der Waals surface area contributed by atoms with Crippen LogP contribution in [-0.2, 0) is 11.8 Å². The Morgan fingerprint density at radius 1 is 0.875 bits per heavy atom. The van der Waals surface area contributed by atoms with Gasteiger partial charge in [0, 0.05) is 24.3 Å². The van der Waals surface area contributed by atoms with Crippen LogP contribution in [0.3, 0.4) is 0 Å². The number of nitriles is 1. The van der Waals surface area contributed by atoms with E-state index in [1.165, 1.54) is 11.3 Å². The van der Waals surface area contributed by atoms with Crippen LogP contribution in [0.25, 0.3) is 0 Å². The van der Waals surface area contributed by atoms with Crippen molar-refractivity contribution in [1.82, 2.24) is 0 Å². The molecule has 1 aliphatic carbocycles. The lowest BCUT2D eigenvalue weighted by Crippen LogP contribution is -2.44. The SMILES string of the molecule is COc1ccc(C2(C#N)CCC(N3CCCc4cc(OC)c(OC)cc43)CC2)cc1OC. The molecule has 0 radical (unpaired) electrons. The van der Waals surface area contributed by atoms with Crippen LogP contribution in [0, 0.1) is 11.3 Å². The van der Waals surface area contributed by atoms with E-state index < -0.39 is 5.41 Å². The fourth-order valence-corrected chi connectivity index (χ4v) is 5.32. The molecule has 6 nitrogen and oxygen atoms in total. The van der Waals surface area contributed by atoms with Gasteiger partial charge in [-0.25, -0.2) is 0 Å². The van der Waals surface area contributed by atoms with Gasteiger partial charge in [0.15, 0.2) is 23.0 Å². The molecule has 1 saturated carbocycles. The van der Waals surface area contributed by atoms with Crippen LogP contribution < -0.4 is 23.8 Å². The predicted molar refractivity (Wildman–Crippen MR) is 124 cm³/mol. The number of anilines is 1. The molecule has 1 aliphatic heterocycles. The summed E-state index contributed by atoms with van der Waals surface area (Å²) in [4.78, 5) is 2.52. The van der Waals surface area contributed by atoms with E-state index in [0.717, 1.165) is 62.1 Å². The van der Waals surface area contributed by atoms with Gasteiger partial charge < -0.3 is 23.8 Å². The molecule has 2 aromatic carbocycles. The summed E-state index contributed by atoms with van der Waals surface area (Å²) < 4.78 is 21.9. The third-order valence-corrected chi connectivity index (χ3v) is 7.14. The summed E-state index contributed by atoms with van der Waals surface area (Å²) in [6.45, 7) is 1.03. The van der Waals surface area contributed by atoms with Gasteiger partial charge in [-0.2, -0.15) is 5.26 Å². The van der Waals surface area contributed by atoms with Crippen molar-refractivity contribution in [2.45, 2.75) is 50.0 Å². The second-order valence-electron chi connectivity index (χ2n) is 8.63. The standard InChI is InChI=1S/C26H32N2O4/c1-29-22-8-7-19(15-24(22)31-3)26(17-27)11-9-20(10-12-26)28-13-5-6-18-14-23(30-2)25(32-4)16-21(18)28/h7-8,14-16,20H,5-6,9-13H2,1-4H3. The van der Waals surface area contributed by atoms with Crippen LogP contribution in [0.4, 0.5) is 5.69 Å². The molecule has 0 spiro atoms. The highest BCUT2D eigenvalue weighted by molar-refractivity contribution is 5.64. The quantitative estimate of drug-likeness (QED) is 0.643. The molecule has 0 N–H and O–H groups in total. The van der Waals surface area contributed by atoms with Gasteiger partial charge in [-0.05, 0) is 67.9 Å². The number of hydrogen-bond acceptors (Lipinski definition) is 6. The largest absolute Gasteiger partial charge is 0.493 e. The molecule has 0 amide bonds. The summed E-state index contributed by atoms with van der Waals surface area (Å²) in [5.74, 6) is 2.92. The molecule has 170 valence electrons. The number of fused-ring (bicyclic) bond motifs is 1. The summed E-state index contributed by atoms with van der Waals surface area (Å²) in [5, 5.41) is 10.2. The molecule has 0 aromatic heterocycles. The van der Waals surface area contributed by atoms with Gasteiger partial charge in [0.05, 0.1) is 39.9 Å². The number of benzene rings is 2.